The lowest BCUT2D eigenvalue weighted by Crippen LogP contribution is -3.11. The summed E-state index contributed by atoms with van der Waals surface area (Å²) in [5.41, 5.74) is 3.13. The van der Waals surface area contributed by atoms with Crippen LogP contribution in [0.15, 0.2) is 42.2 Å². The van der Waals surface area contributed by atoms with E-state index in [1.165, 1.54) is 11.0 Å². The Hall–Kier alpha value is -2.59. The second kappa shape index (κ2) is 8.83. The van der Waals surface area contributed by atoms with Gasteiger partial charge in [-0.05, 0) is 24.6 Å². The number of aryl methyl sites for hydroxylation is 1. The zero-order chi connectivity index (χ0) is 21.1. The summed E-state index contributed by atoms with van der Waals surface area (Å²) in [5, 5.41) is 12.7. The Kier molecular flexibility index (Phi) is 6.43. The van der Waals surface area contributed by atoms with Crippen LogP contribution in [0.2, 0.25) is 0 Å². The van der Waals surface area contributed by atoms with Crippen LogP contribution in [-0.2, 0) is 6.54 Å². The van der Waals surface area contributed by atoms with Crippen LogP contribution in [0.5, 0.6) is 11.5 Å². The maximum atomic E-state index is 12.9. The van der Waals surface area contributed by atoms with Gasteiger partial charge in [-0.2, -0.15) is 0 Å². The van der Waals surface area contributed by atoms with E-state index >= 15 is 0 Å². The summed E-state index contributed by atoms with van der Waals surface area (Å²) in [6.07, 6.45) is 1.76. The molecular weight excluding hydrogens is 362 g/mol. The van der Waals surface area contributed by atoms with E-state index in [1.54, 1.807) is 12.1 Å². The van der Waals surface area contributed by atoms with Crippen LogP contribution in [0, 0.1) is 18.8 Å². The standard InChI is InChI=1S/C25H31NO3/c1-16(2)13-26(14-17(3)4)15-21-22(27)10-9-20-24(28)23(29-25(20)21)12-19-8-6-7-18(5)11-19/h6-12,16-17,27H,13-15H2,1-5H3. The van der Waals surface area contributed by atoms with E-state index in [0.29, 0.717) is 35.3 Å². The number of hydrogen-bond donors (Lipinski definition) is 1. The minimum atomic E-state index is -0.156. The van der Waals surface area contributed by atoms with Crippen molar-refractivity contribution in [2.24, 2.45) is 11.8 Å². The Morgan fingerprint density at radius 1 is 1.07 bits per heavy atom. The highest BCUT2D eigenvalue weighted by molar-refractivity contribution is 6.14. The lowest BCUT2D eigenvalue weighted by atomic mass is 10.0. The van der Waals surface area contributed by atoms with Gasteiger partial charge in [0.25, 0.3) is 0 Å². The van der Waals surface area contributed by atoms with E-state index in [2.05, 4.69) is 27.7 Å². The van der Waals surface area contributed by atoms with Crippen molar-refractivity contribution in [3.8, 4) is 11.5 Å². The third-order valence-electron chi connectivity index (χ3n) is 5.06. The van der Waals surface area contributed by atoms with Crippen molar-refractivity contribution in [1.82, 2.24) is 0 Å². The molecule has 29 heavy (non-hydrogen) atoms. The quantitative estimate of drug-likeness (QED) is 0.734. The van der Waals surface area contributed by atoms with Crippen LogP contribution in [0.1, 0.15) is 54.7 Å². The minimum absolute atomic E-state index is 0.0571. The highest BCUT2D eigenvalue weighted by Gasteiger charge is 2.31. The zero-order valence-electron chi connectivity index (χ0n) is 18.0. The number of carbonyl (C=O) groups is 1. The second-order valence-corrected chi connectivity index (χ2v) is 8.90. The summed E-state index contributed by atoms with van der Waals surface area (Å²) in [5.74, 6) is 1.57. The van der Waals surface area contributed by atoms with Crippen LogP contribution in [0.4, 0.5) is 0 Å². The molecule has 0 fully saturated rings. The number of ether oxygens (including phenoxy) is 1. The van der Waals surface area contributed by atoms with E-state index in [4.69, 9.17) is 4.74 Å². The number of benzene rings is 2. The first-order valence-corrected chi connectivity index (χ1v) is 10.4. The van der Waals surface area contributed by atoms with Crippen LogP contribution in [0.25, 0.3) is 6.08 Å². The van der Waals surface area contributed by atoms with Crippen molar-refractivity contribution in [2.75, 3.05) is 13.1 Å². The Morgan fingerprint density at radius 3 is 2.38 bits per heavy atom. The average molecular weight is 394 g/mol. The summed E-state index contributed by atoms with van der Waals surface area (Å²) in [4.78, 5) is 14.2. The predicted molar refractivity (Wildman–Crippen MR) is 114 cm³/mol. The molecule has 2 aromatic rings. The molecule has 1 aliphatic heterocycles. The third-order valence-corrected chi connectivity index (χ3v) is 5.06. The largest absolute Gasteiger partial charge is 0.872 e. The number of nitrogens with one attached hydrogen (secondary N) is 1. The molecule has 0 aromatic heterocycles. The molecule has 2 aromatic carbocycles. The molecule has 3 rings (SSSR count). The Morgan fingerprint density at radius 2 is 1.76 bits per heavy atom. The van der Waals surface area contributed by atoms with Crippen LogP contribution in [-0.4, -0.2) is 18.9 Å². The number of rotatable bonds is 7. The van der Waals surface area contributed by atoms with Crippen molar-refractivity contribution < 1.29 is 19.5 Å². The number of ketones is 1. The summed E-state index contributed by atoms with van der Waals surface area (Å²) in [7, 11) is 0. The highest BCUT2D eigenvalue weighted by Crippen LogP contribution is 2.38. The fourth-order valence-electron chi connectivity index (χ4n) is 4.00. The van der Waals surface area contributed by atoms with Gasteiger partial charge in [0.15, 0.2) is 5.76 Å². The maximum Gasteiger partial charge on any atom is 0.231 e. The van der Waals surface area contributed by atoms with Crippen molar-refractivity contribution in [3.05, 3.63) is 64.4 Å². The minimum Gasteiger partial charge on any atom is -0.872 e. The number of allylic oxidation sites excluding steroid dienone is 1. The first-order chi connectivity index (χ1) is 13.7. The van der Waals surface area contributed by atoms with E-state index in [1.807, 2.05) is 31.2 Å². The monoisotopic (exact) mass is 393 g/mol. The predicted octanol–water partition coefficient (Wildman–Crippen LogP) is 3.38. The average Bonchev–Trinajstić information content (AvgIpc) is 2.92. The van der Waals surface area contributed by atoms with Crippen molar-refractivity contribution in [2.45, 2.75) is 41.2 Å². The molecule has 4 heteroatoms. The molecule has 1 aliphatic rings. The van der Waals surface area contributed by atoms with Crippen molar-refractivity contribution >= 4 is 11.9 Å². The molecule has 0 amide bonds. The first-order valence-electron chi connectivity index (χ1n) is 10.4. The summed E-state index contributed by atoms with van der Waals surface area (Å²) < 4.78 is 5.98. The summed E-state index contributed by atoms with van der Waals surface area (Å²) in [6, 6.07) is 11.0. The normalized spacial score (nSPS) is 14.9. The topological polar surface area (TPSA) is 53.8 Å². The molecule has 0 spiro atoms. The van der Waals surface area contributed by atoms with Gasteiger partial charge in [0, 0.05) is 17.4 Å². The molecule has 0 radical (unpaired) electrons. The zero-order valence-corrected chi connectivity index (χ0v) is 18.0. The van der Waals surface area contributed by atoms with Crippen LogP contribution >= 0.6 is 0 Å². The van der Waals surface area contributed by atoms with Crippen LogP contribution < -0.4 is 14.7 Å². The fourth-order valence-corrected chi connectivity index (χ4v) is 4.00. The molecule has 154 valence electrons. The molecule has 0 unspecified atom stereocenters. The molecular formula is C25H31NO3. The summed E-state index contributed by atoms with van der Waals surface area (Å²) >= 11 is 0. The highest BCUT2D eigenvalue weighted by atomic mass is 16.5. The lowest BCUT2D eigenvalue weighted by Gasteiger charge is -2.26. The van der Waals surface area contributed by atoms with Gasteiger partial charge in [-0.1, -0.05) is 69.3 Å². The molecule has 0 atom stereocenters. The van der Waals surface area contributed by atoms with Crippen molar-refractivity contribution in [3.63, 3.8) is 0 Å². The smallest absolute Gasteiger partial charge is 0.231 e. The Labute approximate surface area is 173 Å². The molecule has 0 saturated heterocycles. The van der Waals surface area contributed by atoms with Gasteiger partial charge < -0.3 is 14.7 Å². The molecule has 0 bridgehead atoms. The first kappa shape index (κ1) is 21.1. The number of fused-ring (bicyclic) bond motifs is 1. The lowest BCUT2D eigenvalue weighted by molar-refractivity contribution is -0.919. The third kappa shape index (κ3) is 5.07. The number of Topliss-reactive ketones (excluding diaryl/α,β-unsaturated/α-hetero) is 1. The molecule has 4 nitrogen and oxygen atoms in total. The van der Waals surface area contributed by atoms with Gasteiger partial charge in [0.2, 0.25) is 5.78 Å². The fraction of sp³-hybridized carbons (Fsp3) is 0.400. The maximum absolute atomic E-state index is 12.9. The van der Waals surface area contributed by atoms with Crippen LogP contribution in [0.3, 0.4) is 0 Å². The van der Waals surface area contributed by atoms with Crippen molar-refractivity contribution in [1.29, 1.82) is 0 Å². The number of carbonyl (C=O) groups excluding carboxylic acids is 1. The number of quaternary nitrogens is 1. The Bertz CT molecular complexity index is 918. The van der Waals surface area contributed by atoms with E-state index in [0.717, 1.165) is 24.2 Å². The van der Waals surface area contributed by atoms with Gasteiger partial charge in [0.1, 0.15) is 12.3 Å². The SMILES string of the molecule is Cc1cccc(C=C2Oc3c(ccc([O-])c3C[NH+](CC(C)C)CC(C)C)C2=O)c1. The van der Waals surface area contributed by atoms with Gasteiger partial charge in [-0.15, -0.1) is 0 Å². The molecule has 1 N–H and O–H groups in total. The molecule has 0 saturated carbocycles. The molecule has 0 aliphatic carbocycles. The second-order valence-electron chi connectivity index (χ2n) is 8.90. The molecule has 1 heterocycles. The van der Waals surface area contributed by atoms with Gasteiger partial charge in [-0.25, -0.2) is 0 Å². The number of hydrogen-bond acceptors (Lipinski definition) is 3. The van der Waals surface area contributed by atoms with E-state index < -0.39 is 0 Å². The summed E-state index contributed by atoms with van der Waals surface area (Å²) in [6.45, 7) is 13.3. The van der Waals surface area contributed by atoms with E-state index in [9.17, 15) is 9.90 Å². The van der Waals surface area contributed by atoms with Gasteiger partial charge >= 0.3 is 0 Å². The van der Waals surface area contributed by atoms with E-state index in [-0.39, 0.29) is 17.3 Å². The van der Waals surface area contributed by atoms with Gasteiger partial charge in [0.05, 0.1) is 18.7 Å². The Balaban J connectivity index is 1.93. The van der Waals surface area contributed by atoms with Gasteiger partial charge in [-0.3, -0.25) is 4.79 Å².